The zero-order valence-corrected chi connectivity index (χ0v) is 11.2. The molecule has 0 unspecified atom stereocenters. The van der Waals surface area contributed by atoms with Crippen LogP contribution >= 0.6 is 0 Å². The van der Waals surface area contributed by atoms with Crippen molar-refractivity contribution in [2.24, 2.45) is 5.41 Å². The first-order chi connectivity index (χ1) is 8.48. The van der Waals surface area contributed by atoms with Crippen LogP contribution in [-0.2, 0) is 0 Å². The molecular weight excluding hydrogens is 220 g/mol. The van der Waals surface area contributed by atoms with Gasteiger partial charge in [-0.15, -0.1) is 0 Å². The van der Waals surface area contributed by atoms with E-state index in [4.69, 9.17) is 0 Å². The maximum atomic E-state index is 10.3. The molecule has 18 heavy (non-hydrogen) atoms. The van der Waals surface area contributed by atoms with E-state index < -0.39 is 6.10 Å². The Hall–Kier alpha value is -1.60. The molecule has 1 heteroatoms. The van der Waals surface area contributed by atoms with Gasteiger partial charge >= 0.3 is 0 Å². The van der Waals surface area contributed by atoms with Crippen LogP contribution in [0, 0.1) is 5.41 Å². The minimum absolute atomic E-state index is 0.144. The van der Waals surface area contributed by atoms with Crippen LogP contribution in [0.5, 0.6) is 0 Å². The zero-order chi connectivity index (χ0) is 13.2. The Morgan fingerprint density at radius 2 is 1.44 bits per heavy atom. The minimum Gasteiger partial charge on any atom is -0.388 e. The van der Waals surface area contributed by atoms with Gasteiger partial charge in [-0.3, -0.25) is 0 Å². The zero-order valence-electron chi connectivity index (χ0n) is 11.2. The lowest BCUT2D eigenvalue weighted by atomic mass is 9.84. The van der Waals surface area contributed by atoms with Gasteiger partial charge in [0.2, 0.25) is 0 Å². The molecule has 0 spiro atoms. The second-order valence-electron chi connectivity index (χ2n) is 5.76. The summed E-state index contributed by atoms with van der Waals surface area (Å²) in [5.41, 5.74) is 3.16. The van der Waals surface area contributed by atoms with Gasteiger partial charge in [0.05, 0.1) is 6.10 Å². The Kier molecular flexibility index (Phi) is 3.53. The predicted octanol–water partition coefficient (Wildman–Crippen LogP) is 4.43. The molecule has 94 valence electrons. The normalized spacial score (nSPS) is 13.3. The van der Waals surface area contributed by atoms with Crippen LogP contribution in [0.25, 0.3) is 11.1 Å². The second-order valence-corrected chi connectivity index (χ2v) is 5.76. The third-order valence-corrected chi connectivity index (χ3v) is 3.13. The molecule has 2 aromatic carbocycles. The number of benzene rings is 2. The van der Waals surface area contributed by atoms with Crippen molar-refractivity contribution in [3.8, 4) is 11.1 Å². The van der Waals surface area contributed by atoms with E-state index in [-0.39, 0.29) is 5.41 Å². The standard InChI is InChI=1S/C17H20O/c1-17(2,3)16(18)15-11-7-10-14(12-15)13-8-5-4-6-9-13/h4-12,16,18H,1-3H3/t16-/m0/s1. The van der Waals surface area contributed by atoms with Crippen molar-refractivity contribution >= 4 is 0 Å². The highest BCUT2D eigenvalue weighted by Crippen LogP contribution is 2.34. The van der Waals surface area contributed by atoms with Crippen molar-refractivity contribution in [1.82, 2.24) is 0 Å². The Balaban J connectivity index is 2.37. The van der Waals surface area contributed by atoms with Gasteiger partial charge in [0.15, 0.2) is 0 Å². The van der Waals surface area contributed by atoms with Crippen molar-refractivity contribution in [3.63, 3.8) is 0 Å². The summed E-state index contributed by atoms with van der Waals surface area (Å²) in [6.45, 7) is 6.15. The van der Waals surface area contributed by atoms with Crippen molar-refractivity contribution < 1.29 is 5.11 Å². The summed E-state index contributed by atoms with van der Waals surface area (Å²) in [4.78, 5) is 0. The lowest BCUT2D eigenvalue weighted by Gasteiger charge is -2.26. The van der Waals surface area contributed by atoms with Crippen molar-refractivity contribution in [1.29, 1.82) is 0 Å². The van der Waals surface area contributed by atoms with Gasteiger partial charge in [0, 0.05) is 0 Å². The molecule has 1 atom stereocenters. The van der Waals surface area contributed by atoms with Crippen molar-refractivity contribution in [2.45, 2.75) is 26.9 Å². The lowest BCUT2D eigenvalue weighted by Crippen LogP contribution is -2.17. The molecule has 0 amide bonds. The summed E-state index contributed by atoms with van der Waals surface area (Å²) in [5.74, 6) is 0. The second kappa shape index (κ2) is 4.95. The van der Waals surface area contributed by atoms with Gasteiger partial charge < -0.3 is 5.11 Å². The van der Waals surface area contributed by atoms with E-state index in [1.54, 1.807) is 0 Å². The molecular formula is C17H20O. The first kappa shape index (κ1) is 12.8. The highest BCUT2D eigenvalue weighted by Gasteiger charge is 2.23. The highest BCUT2D eigenvalue weighted by atomic mass is 16.3. The van der Waals surface area contributed by atoms with Gasteiger partial charge in [-0.1, -0.05) is 69.3 Å². The first-order valence-electron chi connectivity index (χ1n) is 6.32. The average Bonchev–Trinajstić information content (AvgIpc) is 2.38. The SMILES string of the molecule is CC(C)(C)[C@@H](O)c1cccc(-c2ccccc2)c1. The Morgan fingerprint density at radius 1 is 0.833 bits per heavy atom. The number of rotatable bonds is 2. The highest BCUT2D eigenvalue weighted by molar-refractivity contribution is 5.64. The van der Waals surface area contributed by atoms with Crippen LogP contribution in [0.1, 0.15) is 32.4 Å². The largest absolute Gasteiger partial charge is 0.388 e. The molecule has 0 fully saturated rings. The molecule has 0 aliphatic carbocycles. The molecule has 1 N–H and O–H groups in total. The summed E-state index contributed by atoms with van der Waals surface area (Å²) in [5, 5.41) is 10.3. The molecule has 0 saturated heterocycles. The maximum Gasteiger partial charge on any atom is 0.0838 e. The van der Waals surface area contributed by atoms with E-state index >= 15 is 0 Å². The molecule has 0 heterocycles. The summed E-state index contributed by atoms with van der Waals surface area (Å²) < 4.78 is 0. The monoisotopic (exact) mass is 240 g/mol. The van der Waals surface area contributed by atoms with Crippen LogP contribution in [0.15, 0.2) is 54.6 Å². The fourth-order valence-corrected chi connectivity index (χ4v) is 2.02. The van der Waals surface area contributed by atoms with Crippen LogP contribution in [0.2, 0.25) is 0 Å². The fourth-order valence-electron chi connectivity index (χ4n) is 2.02. The van der Waals surface area contributed by atoms with Crippen LogP contribution in [0.4, 0.5) is 0 Å². The van der Waals surface area contributed by atoms with Crippen molar-refractivity contribution in [2.75, 3.05) is 0 Å². The van der Waals surface area contributed by atoms with Gasteiger partial charge in [-0.25, -0.2) is 0 Å². The van der Waals surface area contributed by atoms with E-state index in [1.807, 2.05) is 51.1 Å². The summed E-state index contributed by atoms with van der Waals surface area (Å²) >= 11 is 0. The van der Waals surface area contributed by atoms with E-state index in [0.717, 1.165) is 11.1 Å². The van der Waals surface area contributed by atoms with Gasteiger partial charge in [-0.05, 0) is 28.2 Å². The van der Waals surface area contributed by atoms with Crippen LogP contribution < -0.4 is 0 Å². The predicted molar refractivity (Wildman–Crippen MR) is 76.3 cm³/mol. The quantitative estimate of drug-likeness (QED) is 0.823. The molecule has 0 saturated carbocycles. The smallest absolute Gasteiger partial charge is 0.0838 e. The molecule has 0 bridgehead atoms. The topological polar surface area (TPSA) is 20.2 Å². The minimum atomic E-state index is -0.443. The molecule has 0 aliphatic rings. The molecule has 0 aromatic heterocycles. The number of aliphatic hydroxyl groups excluding tert-OH is 1. The number of hydrogen-bond donors (Lipinski definition) is 1. The van der Waals surface area contributed by atoms with Gasteiger partial charge in [-0.2, -0.15) is 0 Å². The van der Waals surface area contributed by atoms with Gasteiger partial charge in [0.1, 0.15) is 0 Å². The van der Waals surface area contributed by atoms with E-state index in [9.17, 15) is 5.11 Å². The van der Waals surface area contributed by atoms with Gasteiger partial charge in [0.25, 0.3) is 0 Å². The first-order valence-corrected chi connectivity index (χ1v) is 6.32. The molecule has 2 aromatic rings. The number of aliphatic hydroxyl groups is 1. The molecule has 0 aliphatic heterocycles. The molecule has 1 nitrogen and oxygen atoms in total. The molecule has 2 rings (SSSR count). The third kappa shape index (κ3) is 2.80. The fraction of sp³-hybridized carbons (Fsp3) is 0.294. The maximum absolute atomic E-state index is 10.3. The summed E-state index contributed by atoms with van der Waals surface area (Å²) in [6, 6.07) is 18.4. The van der Waals surface area contributed by atoms with Crippen LogP contribution in [0.3, 0.4) is 0 Å². The van der Waals surface area contributed by atoms with Crippen molar-refractivity contribution in [3.05, 3.63) is 60.2 Å². The Bertz CT molecular complexity index is 509. The average molecular weight is 240 g/mol. The van der Waals surface area contributed by atoms with E-state index in [0.29, 0.717) is 0 Å². The van der Waals surface area contributed by atoms with Crippen LogP contribution in [-0.4, -0.2) is 5.11 Å². The summed E-state index contributed by atoms with van der Waals surface area (Å²) in [6.07, 6.45) is -0.443. The Morgan fingerprint density at radius 3 is 2.06 bits per heavy atom. The number of hydrogen-bond acceptors (Lipinski definition) is 1. The van der Waals surface area contributed by atoms with E-state index in [1.165, 1.54) is 5.56 Å². The summed E-state index contributed by atoms with van der Waals surface area (Å²) in [7, 11) is 0. The Labute approximate surface area is 109 Å². The molecule has 0 radical (unpaired) electrons. The third-order valence-electron chi connectivity index (χ3n) is 3.13. The lowest BCUT2D eigenvalue weighted by molar-refractivity contribution is 0.0627. The van der Waals surface area contributed by atoms with E-state index in [2.05, 4.69) is 24.3 Å².